The monoisotopic (exact) mass is 412 g/mol. The number of rotatable bonds is 7. The van der Waals surface area contributed by atoms with Crippen LogP contribution in [-0.4, -0.2) is 26.7 Å². The van der Waals surface area contributed by atoms with E-state index >= 15 is 0 Å². The van der Waals surface area contributed by atoms with Crippen LogP contribution in [0.5, 0.6) is 17.4 Å². The predicted molar refractivity (Wildman–Crippen MR) is 117 cm³/mol. The molecule has 5 rings (SSSR count). The van der Waals surface area contributed by atoms with Crippen molar-refractivity contribution >= 4 is 16.7 Å². The summed E-state index contributed by atoms with van der Waals surface area (Å²) in [6.45, 7) is 1.77. The number of nitrogens with zero attached hydrogens (tertiary/aromatic N) is 4. The van der Waals surface area contributed by atoms with Gasteiger partial charge in [-0.05, 0) is 30.3 Å². The molecule has 0 aliphatic carbocycles. The van der Waals surface area contributed by atoms with Crippen molar-refractivity contribution < 1.29 is 14.8 Å². The summed E-state index contributed by atoms with van der Waals surface area (Å²) in [5, 5.41) is 10.5. The molecule has 0 aliphatic heterocycles. The number of hydrogen-bond donors (Lipinski definition) is 1. The van der Waals surface area contributed by atoms with E-state index in [0.717, 1.165) is 29.7 Å². The first-order valence-corrected chi connectivity index (χ1v) is 10.1. The Labute approximate surface area is 179 Å². The van der Waals surface area contributed by atoms with Crippen molar-refractivity contribution in [3.05, 3.63) is 90.3 Å². The van der Waals surface area contributed by atoms with Gasteiger partial charge in [-0.25, -0.2) is 4.98 Å². The molecule has 2 aromatic heterocycles. The third kappa shape index (κ3) is 3.91. The van der Waals surface area contributed by atoms with Crippen LogP contribution in [0.3, 0.4) is 0 Å². The van der Waals surface area contributed by atoms with Gasteiger partial charge in [-0.15, -0.1) is 10.2 Å². The molecule has 0 bridgehead atoms. The topological polar surface area (TPSA) is 78.2 Å². The molecule has 0 fully saturated rings. The zero-order chi connectivity index (χ0) is 21.0. The van der Waals surface area contributed by atoms with Crippen molar-refractivity contribution in [2.75, 3.05) is 7.11 Å². The minimum atomic E-state index is 0.387. The van der Waals surface area contributed by atoms with E-state index in [4.69, 9.17) is 9.47 Å². The minimum absolute atomic E-state index is 0.387. The van der Waals surface area contributed by atoms with Gasteiger partial charge in [0.25, 0.3) is 5.88 Å². The molecule has 2 heterocycles. The van der Waals surface area contributed by atoms with Crippen molar-refractivity contribution in [1.29, 1.82) is 0 Å². The minimum Gasteiger partial charge on any atom is -0.493 e. The normalized spacial score (nSPS) is 11.1. The molecule has 0 aliphatic rings. The van der Waals surface area contributed by atoms with Gasteiger partial charge in [0.05, 0.1) is 18.1 Å². The third-order valence-corrected chi connectivity index (χ3v) is 5.14. The largest absolute Gasteiger partial charge is 0.493 e. The first kappa shape index (κ1) is 19.0. The fourth-order valence-corrected chi connectivity index (χ4v) is 3.59. The summed E-state index contributed by atoms with van der Waals surface area (Å²) in [7, 11) is 1.64. The van der Waals surface area contributed by atoms with Crippen LogP contribution in [0.1, 0.15) is 11.1 Å². The van der Waals surface area contributed by atoms with Gasteiger partial charge in [0.2, 0.25) is 5.65 Å². The fourth-order valence-electron chi connectivity index (χ4n) is 3.59. The van der Waals surface area contributed by atoms with Crippen molar-refractivity contribution in [3.8, 4) is 17.4 Å². The highest BCUT2D eigenvalue weighted by molar-refractivity contribution is 5.79. The van der Waals surface area contributed by atoms with Crippen LogP contribution in [0.2, 0.25) is 0 Å². The molecule has 0 atom stereocenters. The Morgan fingerprint density at radius 2 is 1.68 bits per heavy atom. The Balaban J connectivity index is 1.38. The van der Waals surface area contributed by atoms with Gasteiger partial charge in [-0.1, -0.05) is 42.5 Å². The molecule has 154 valence electrons. The van der Waals surface area contributed by atoms with Crippen LogP contribution in [-0.2, 0) is 13.1 Å². The lowest BCUT2D eigenvalue weighted by Crippen LogP contribution is -2.80. The summed E-state index contributed by atoms with van der Waals surface area (Å²) in [6.07, 6.45) is 1.66. The molecule has 0 amide bonds. The first-order chi connectivity index (χ1) is 15.3. The van der Waals surface area contributed by atoms with Crippen molar-refractivity contribution in [2.45, 2.75) is 13.1 Å². The number of para-hydroxylation sites is 2. The summed E-state index contributed by atoms with van der Waals surface area (Å²) in [5.41, 5.74) is 4.73. The van der Waals surface area contributed by atoms with Gasteiger partial charge >= 0.3 is 0 Å². The molecule has 5 aromatic rings. The number of aromatic nitrogens is 4. The average Bonchev–Trinajstić information content (AvgIpc) is 3.31. The Bertz CT molecular complexity index is 1330. The van der Waals surface area contributed by atoms with Gasteiger partial charge in [0.1, 0.15) is 19.4 Å². The van der Waals surface area contributed by atoms with E-state index in [9.17, 15) is 0 Å². The standard InChI is InChI=1S/C24H21N5O2/c1-30-22-13-18(15-25-14-17-7-3-2-4-8-17)11-12-21(22)31-24-23-28-26-16-29(23)20-10-6-5-9-19(20)27-24/h2-13,16,25H,14-15H2,1H3/p+1. The summed E-state index contributed by atoms with van der Waals surface area (Å²) in [5.74, 6) is 1.62. The van der Waals surface area contributed by atoms with Gasteiger partial charge in [0.15, 0.2) is 11.5 Å². The lowest BCUT2D eigenvalue weighted by Gasteiger charge is -2.12. The second kappa shape index (κ2) is 8.41. The lowest BCUT2D eigenvalue weighted by molar-refractivity contribution is -0.686. The first-order valence-electron chi connectivity index (χ1n) is 10.1. The number of quaternary nitrogens is 1. The van der Waals surface area contributed by atoms with Gasteiger partial charge in [-0.2, -0.15) is 0 Å². The highest BCUT2D eigenvalue weighted by atomic mass is 16.5. The van der Waals surface area contributed by atoms with E-state index < -0.39 is 0 Å². The molecular weight excluding hydrogens is 390 g/mol. The van der Waals surface area contributed by atoms with Crippen LogP contribution < -0.4 is 14.8 Å². The maximum Gasteiger partial charge on any atom is 0.266 e. The molecule has 7 nitrogen and oxygen atoms in total. The Kier molecular flexibility index (Phi) is 5.16. The third-order valence-electron chi connectivity index (χ3n) is 5.14. The number of fused-ring (bicyclic) bond motifs is 3. The second-order valence-electron chi connectivity index (χ2n) is 7.20. The van der Waals surface area contributed by atoms with Crippen LogP contribution in [0.4, 0.5) is 0 Å². The molecule has 2 N–H and O–H groups in total. The highest BCUT2D eigenvalue weighted by Crippen LogP contribution is 2.33. The van der Waals surface area contributed by atoms with Crippen LogP contribution in [0.15, 0.2) is 79.1 Å². The number of nitrogens with two attached hydrogens (primary N) is 1. The van der Waals surface area contributed by atoms with E-state index in [1.807, 2.05) is 52.9 Å². The SMILES string of the molecule is COc1cc(C[NH2+]Cc2ccccc2)ccc1Oc1nc2ccccc2n2cnnc12. The lowest BCUT2D eigenvalue weighted by atomic mass is 10.2. The summed E-state index contributed by atoms with van der Waals surface area (Å²) in [4.78, 5) is 4.64. The van der Waals surface area contributed by atoms with Crippen LogP contribution >= 0.6 is 0 Å². The van der Waals surface area contributed by atoms with Crippen molar-refractivity contribution in [3.63, 3.8) is 0 Å². The molecule has 0 unspecified atom stereocenters. The average molecular weight is 412 g/mol. The molecule has 0 radical (unpaired) electrons. The zero-order valence-corrected chi connectivity index (χ0v) is 17.1. The van der Waals surface area contributed by atoms with E-state index in [0.29, 0.717) is 23.0 Å². The molecule has 3 aromatic carbocycles. The number of hydrogen-bond acceptors (Lipinski definition) is 5. The molecule has 7 heteroatoms. The van der Waals surface area contributed by atoms with E-state index in [2.05, 4.69) is 44.8 Å². The van der Waals surface area contributed by atoms with Crippen molar-refractivity contribution in [2.24, 2.45) is 0 Å². The smallest absolute Gasteiger partial charge is 0.266 e. The molecule has 31 heavy (non-hydrogen) atoms. The Morgan fingerprint density at radius 1 is 0.871 bits per heavy atom. The zero-order valence-electron chi connectivity index (χ0n) is 17.1. The summed E-state index contributed by atoms with van der Waals surface area (Å²) < 4.78 is 13.6. The maximum absolute atomic E-state index is 6.14. The fraction of sp³-hybridized carbons (Fsp3) is 0.125. The Hall–Kier alpha value is -3.97. The maximum atomic E-state index is 6.14. The van der Waals surface area contributed by atoms with Gasteiger partial charge in [0, 0.05) is 11.1 Å². The van der Waals surface area contributed by atoms with Crippen LogP contribution in [0.25, 0.3) is 16.7 Å². The molecule has 0 saturated heterocycles. The molecule has 0 spiro atoms. The van der Waals surface area contributed by atoms with E-state index in [-0.39, 0.29) is 0 Å². The quantitative estimate of drug-likeness (QED) is 0.444. The summed E-state index contributed by atoms with van der Waals surface area (Å²) >= 11 is 0. The van der Waals surface area contributed by atoms with Crippen molar-refractivity contribution in [1.82, 2.24) is 19.6 Å². The van der Waals surface area contributed by atoms with E-state index in [1.165, 1.54) is 5.56 Å². The van der Waals surface area contributed by atoms with Crippen LogP contribution in [0, 0.1) is 0 Å². The number of benzene rings is 3. The number of methoxy groups -OCH3 is 1. The van der Waals surface area contributed by atoms with E-state index in [1.54, 1.807) is 13.4 Å². The highest BCUT2D eigenvalue weighted by Gasteiger charge is 2.15. The molecule has 0 saturated carbocycles. The predicted octanol–water partition coefficient (Wildman–Crippen LogP) is 3.34. The van der Waals surface area contributed by atoms with Gasteiger partial charge in [-0.3, -0.25) is 4.40 Å². The number of ether oxygens (including phenoxy) is 2. The summed E-state index contributed by atoms with van der Waals surface area (Å²) in [6, 6.07) is 24.2. The van der Waals surface area contributed by atoms with Gasteiger partial charge < -0.3 is 14.8 Å². The molecular formula is C24H22N5O2+. The Morgan fingerprint density at radius 3 is 2.55 bits per heavy atom. The second-order valence-corrected chi connectivity index (χ2v) is 7.20.